The van der Waals surface area contributed by atoms with Crippen LogP contribution in [0.2, 0.25) is 12.1 Å². The van der Waals surface area contributed by atoms with Gasteiger partial charge in [0.2, 0.25) is 8.32 Å². The molecule has 1 fully saturated rings. The van der Waals surface area contributed by atoms with Crippen molar-refractivity contribution in [3.05, 3.63) is 11.8 Å². The monoisotopic (exact) mass is 210 g/mol. The molecule has 0 aromatic heterocycles. The maximum atomic E-state index is 6.50. The molecular weight excluding hydrogens is 188 g/mol. The van der Waals surface area contributed by atoms with Gasteiger partial charge in [0.15, 0.2) is 0 Å². The lowest BCUT2D eigenvalue weighted by molar-refractivity contribution is 0.0781. The first-order valence-corrected chi connectivity index (χ1v) is 8.55. The van der Waals surface area contributed by atoms with E-state index in [1.54, 1.807) is 0 Å². The first-order valence-electron chi connectivity index (χ1n) is 6.15. The van der Waals surface area contributed by atoms with E-state index >= 15 is 0 Å². The summed E-state index contributed by atoms with van der Waals surface area (Å²) in [4.78, 5) is 0. The minimum atomic E-state index is -1.42. The van der Waals surface area contributed by atoms with Crippen LogP contribution in [0.3, 0.4) is 0 Å². The molecule has 2 aliphatic rings. The number of hydrogen-bond donors (Lipinski definition) is 0. The fraction of sp³-hybridized carbons (Fsp3) is 0.833. The second-order valence-electron chi connectivity index (χ2n) is 4.83. The van der Waals surface area contributed by atoms with Crippen LogP contribution >= 0.6 is 0 Å². The summed E-state index contributed by atoms with van der Waals surface area (Å²) in [5, 5.41) is 0. The fourth-order valence-corrected chi connectivity index (χ4v) is 5.84. The van der Waals surface area contributed by atoms with Crippen molar-refractivity contribution >= 4 is 8.32 Å². The van der Waals surface area contributed by atoms with Crippen LogP contribution in [-0.2, 0) is 4.43 Å². The van der Waals surface area contributed by atoms with Gasteiger partial charge in [-0.05, 0) is 24.9 Å². The number of rotatable bonds is 2. The van der Waals surface area contributed by atoms with E-state index in [0.717, 1.165) is 0 Å². The van der Waals surface area contributed by atoms with Gasteiger partial charge in [-0.25, -0.2) is 0 Å². The van der Waals surface area contributed by atoms with Crippen molar-refractivity contribution in [1.29, 1.82) is 0 Å². The molecule has 1 aliphatic heterocycles. The molecule has 0 atom stereocenters. The molecule has 2 rings (SSSR count). The van der Waals surface area contributed by atoms with Crippen molar-refractivity contribution in [1.82, 2.24) is 0 Å². The van der Waals surface area contributed by atoms with Crippen molar-refractivity contribution in [2.75, 3.05) is 0 Å². The quantitative estimate of drug-likeness (QED) is 0.630. The zero-order valence-corrected chi connectivity index (χ0v) is 10.5. The average molecular weight is 210 g/mol. The topological polar surface area (TPSA) is 9.23 Å². The molecule has 80 valence electrons. The Morgan fingerprint density at radius 1 is 1.14 bits per heavy atom. The van der Waals surface area contributed by atoms with Crippen LogP contribution in [0.25, 0.3) is 0 Å². The van der Waals surface area contributed by atoms with Gasteiger partial charge in [0.1, 0.15) is 0 Å². The van der Waals surface area contributed by atoms with E-state index in [1.807, 2.05) is 0 Å². The molecule has 0 unspecified atom stereocenters. The molecule has 0 aromatic rings. The van der Waals surface area contributed by atoms with Gasteiger partial charge in [-0.3, -0.25) is 0 Å². The average Bonchev–Trinajstić information content (AvgIpc) is 2.60. The summed E-state index contributed by atoms with van der Waals surface area (Å²) in [7, 11) is -1.42. The van der Waals surface area contributed by atoms with Crippen molar-refractivity contribution in [2.24, 2.45) is 0 Å². The fourth-order valence-electron chi connectivity index (χ4n) is 2.83. The van der Waals surface area contributed by atoms with Crippen molar-refractivity contribution in [2.45, 2.75) is 63.6 Å². The van der Waals surface area contributed by atoms with Gasteiger partial charge in [0.25, 0.3) is 0 Å². The molecule has 0 amide bonds. The summed E-state index contributed by atoms with van der Waals surface area (Å²) in [6.45, 7) is 4.59. The Bertz CT molecular complexity index is 224. The Morgan fingerprint density at radius 2 is 1.79 bits per heavy atom. The Balaban J connectivity index is 2.09. The van der Waals surface area contributed by atoms with E-state index in [9.17, 15) is 0 Å². The molecule has 0 saturated heterocycles. The second kappa shape index (κ2) is 3.82. The Morgan fingerprint density at radius 3 is 2.29 bits per heavy atom. The lowest BCUT2D eigenvalue weighted by atomic mass is 9.85. The molecule has 14 heavy (non-hydrogen) atoms. The zero-order chi connectivity index (χ0) is 10.1. The van der Waals surface area contributed by atoms with Gasteiger partial charge in [-0.2, -0.15) is 0 Å². The molecule has 2 heteroatoms. The predicted octanol–water partition coefficient (Wildman–Crippen LogP) is 3.80. The molecule has 0 radical (unpaired) electrons. The zero-order valence-electron chi connectivity index (χ0n) is 9.51. The van der Waals surface area contributed by atoms with Crippen LogP contribution in [0.4, 0.5) is 0 Å². The van der Waals surface area contributed by atoms with Crippen molar-refractivity contribution < 1.29 is 4.43 Å². The van der Waals surface area contributed by atoms with Crippen LogP contribution in [-0.4, -0.2) is 13.9 Å². The SMILES string of the molecule is CC[Si]1(CC)C=CC2(CCCCC2)O1. The van der Waals surface area contributed by atoms with Crippen LogP contribution in [0, 0.1) is 0 Å². The van der Waals surface area contributed by atoms with Crippen molar-refractivity contribution in [3.8, 4) is 0 Å². The first-order chi connectivity index (χ1) is 6.74. The first kappa shape index (κ1) is 10.4. The molecule has 1 heterocycles. The highest BCUT2D eigenvalue weighted by Gasteiger charge is 2.44. The standard InChI is InChI=1S/C12H22OSi/c1-3-14(4-2)11-10-12(13-14)8-6-5-7-9-12/h10-11H,3-9H2,1-2H3. The largest absolute Gasteiger partial charge is 0.404 e. The van der Waals surface area contributed by atoms with Crippen LogP contribution in [0.1, 0.15) is 46.0 Å². The molecular formula is C12H22OSi. The third-order valence-electron chi connectivity index (χ3n) is 3.99. The van der Waals surface area contributed by atoms with E-state index in [-0.39, 0.29) is 5.60 Å². The van der Waals surface area contributed by atoms with Crippen molar-refractivity contribution in [3.63, 3.8) is 0 Å². The number of hydrogen-bond acceptors (Lipinski definition) is 1. The Hall–Kier alpha value is -0.0831. The van der Waals surface area contributed by atoms with Crippen LogP contribution < -0.4 is 0 Å². The summed E-state index contributed by atoms with van der Waals surface area (Å²) in [6, 6.07) is 2.50. The third-order valence-corrected chi connectivity index (χ3v) is 7.98. The lowest BCUT2D eigenvalue weighted by Crippen LogP contribution is -2.41. The van der Waals surface area contributed by atoms with Crippen LogP contribution in [0.5, 0.6) is 0 Å². The van der Waals surface area contributed by atoms with E-state index in [2.05, 4.69) is 25.6 Å². The normalized spacial score (nSPS) is 28.4. The second-order valence-corrected chi connectivity index (χ2v) is 8.91. The molecule has 0 bridgehead atoms. The maximum absolute atomic E-state index is 6.50. The minimum absolute atomic E-state index is 0.191. The van der Waals surface area contributed by atoms with Gasteiger partial charge in [0, 0.05) is 0 Å². The molecule has 1 nitrogen and oxygen atoms in total. The summed E-state index contributed by atoms with van der Waals surface area (Å²) in [6.07, 6.45) is 9.11. The summed E-state index contributed by atoms with van der Waals surface area (Å²) >= 11 is 0. The lowest BCUT2D eigenvalue weighted by Gasteiger charge is -2.36. The van der Waals surface area contributed by atoms with E-state index in [0.29, 0.717) is 0 Å². The van der Waals surface area contributed by atoms with E-state index in [1.165, 1.54) is 44.2 Å². The molecule has 1 aliphatic carbocycles. The van der Waals surface area contributed by atoms with E-state index < -0.39 is 8.32 Å². The molecule has 0 aromatic carbocycles. The van der Waals surface area contributed by atoms with Gasteiger partial charge >= 0.3 is 0 Å². The summed E-state index contributed by atoms with van der Waals surface area (Å²) < 4.78 is 6.50. The maximum Gasteiger partial charge on any atom is 0.217 e. The predicted molar refractivity (Wildman–Crippen MR) is 62.8 cm³/mol. The highest BCUT2D eigenvalue weighted by molar-refractivity contribution is 6.79. The van der Waals surface area contributed by atoms with Crippen LogP contribution in [0.15, 0.2) is 11.8 Å². The Kier molecular flexibility index (Phi) is 2.85. The minimum Gasteiger partial charge on any atom is -0.404 e. The molecule has 0 N–H and O–H groups in total. The summed E-state index contributed by atoms with van der Waals surface area (Å²) in [5.74, 6) is 0. The molecule has 1 spiro atoms. The third kappa shape index (κ3) is 1.70. The van der Waals surface area contributed by atoms with Gasteiger partial charge in [-0.15, -0.1) is 0 Å². The summed E-state index contributed by atoms with van der Waals surface area (Å²) in [5.41, 5.74) is 2.66. The van der Waals surface area contributed by atoms with Gasteiger partial charge in [-0.1, -0.05) is 44.9 Å². The Labute approximate surface area is 88.7 Å². The highest BCUT2D eigenvalue weighted by Crippen LogP contribution is 2.42. The highest BCUT2D eigenvalue weighted by atomic mass is 28.4. The van der Waals surface area contributed by atoms with Gasteiger partial charge < -0.3 is 4.43 Å². The smallest absolute Gasteiger partial charge is 0.217 e. The molecule has 1 saturated carbocycles. The van der Waals surface area contributed by atoms with E-state index in [4.69, 9.17) is 4.43 Å². The van der Waals surface area contributed by atoms with Gasteiger partial charge in [0.05, 0.1) is 5.60 Å².